The van der Waals surface area contributed by atoms with E-state index >= 15 is 0 Å². The minimum Gasteiger partial charge on any atom is -0.390 e. The summed E-state index contributed by atoms with van der Waals surface area (Å²) in [6, 6.07) is 0. The fourth-order valence-electron chi connectivity index (χ4n) is 2.90. The first-order chi connectivity index (χ1) is 10.2. The maximum absolute atomic E-state index is 10.1. The summed E-state index contributed by atoms with van der Waals surface area (Å²) in [5, 5.41) is 16.9. The third-order valence-corrected chi connectivity index (χ3v) is 5.58. The molecule has 118 valence electrons. The van der Waals surface area contributed by atoms with Crippen molar-refractivity contribution in [1.82, 2.24) is 15.2 Å². The van der Waals surface area contributed by atoms with E-state index in [0.29, 0.717) is 6.54 Å². The van der Waals surface area contributed by atoms with E-state index in [2.05, 4.69) is 27.5 Å². The number of aromatic nitrogens is 1. The van der Waals surface area contributed by atoms with Crippen molar-refractivity contribution in [2.24, 2.45) is 5.92 Å². The molecule has 1 unspecified atom stereocenters. The van der Waals surface area contributed by atoms with Gasteiger partial charge in [-0.05, 0) is 44.7 Å². The Balaban J connectivity index is 1.32. The number of aliphatic hydroxyl groups excluding tert-OH is 1. The van der Waals surface area contributed by atoms with Gasteiger partial charge in [0.15, 0.2) is 0 Å². The molecule has 0 spiro atoms. The summed E-state index contributed by atoms with van der Waals surface area (Å²) in [5.74, 6) is 1.60. The fraction of sp³-hybridized carbons (Fsp3) is 0.812. The fourth-order valence-corrected chi connectivity index (χ4v) is 3.89. The van der Waals surface area contributed by atoms with Crippen molar-refractivity contribution in [3.05, 3.63) is 16.1 Å². The van der Waals surface area contributed by atoms with E-state index in [1.807, 2.05) is 0 Å². The molecule has 2 fully saturated rings. The number of nitrogens with one attached hydrogen (secondary N) is 1. The average molecular weight is 309 g/mol. The van der Waals surface area contributed by atoms with Gasteiger partial charge in [0.05, 0.1) is 16.8 Å². The van der Waals surface area contributed by atoms with Crippen molar-refractivity contribution in [3.63, 3.8) is 0 Å². The summed E-state index contributed by atoms with van der Waals surface area (Å²) in [6.07, 6.45) is 4.88. The monoisotopic (exact) mass is 309 g/mol. The predicted molar refractivity (Wildman–Crippen MR) is 86.6 cm³/mol. The maximum Gasteiger partial charge on any atom is 0.0959 e. The van der Waals surface area contributed by atoms with Crippen LogP contribution in [-0.4, -0.2) is 47.3 Å². The van der Waals surface area contributed by atoms with Crippen LogP contribution in [0.5, 0.6) is 0 Å². The molecule has 3 rings (SSSR count). The first-order valence-electron chi connectivity index (χ1n) is 8.26. The molecule has 1 atom stereocenters. The second kappa shape index (κ2) is 7.18. The van der Waals surface area contributed by atoms with Crippen molar-refractivity contribution in [2.75, 3.05) is 26.2 Å². The third-order valence-electron chi connectivity index (χ3n) is 4.53. The van der Waals surface area contributed by atoms with Gasteiger partial charge in [-0.3, -0.25) is 0 Å². The van der Waals surface area contributed by atoms with Crippen LogP contribution < -0.4 is 5.32 Å². The molecule has 1 aliphatic heterocycles. The molecule has 5 heteroatoms. The Morgan fingerprint density at radius 2 is 2.14 bits per heavy atom. The van der Waals surface area contributed by atoms with Gasteiger partial charge in [0.1, 0.15) is 0 Å². The Morgan fingerprint density at radius 1 is 1.38 bits per heavy atom. The molecule has 1 aromatic heterocycles. The van der Waals surface area contributed by atoms with Crippen molar-refractivity contribution in [1.29, 1.82) is 0 Å². The van der Waals surface area contributed by atoms with Gasteiger partial charge in [-0.1, -0.05) is 6.92 Å². The molecule has 0 amide bonds. The van der Waals surface area contributed by atoms with Crippen LogP contribution in [0.2, 0.25) is 0 Å². The maximum atomic E-state index is 10.1. The van der Waals surface area contributed by atoms with Gasteiger partial charge < -0.3 is 15.3 Å². The smallest absolute Gasteiger partial charge is 0.0959 e. The lowest BCUT2D eigenvalue weighted by Gasteiger charge is -2.31. The van der Waals surface area contributed by atoms with Crippen molar-refractivity contribution in [2.45, 2.75) is 51.2 Å². The molecule has 0 aromatic carbocycles. The molecule has 0 bridgehead atoms. The highest BCUT2D eigenvalue weighted by Crippen LogP contribution is 2.41. The van der Waals surface area contributed by atoms with E-state index in [1.54, 1.807) is 11.3 Å². The van der Waals surface area contributed by atoms with Crippen LogP contribution in [-0.2, 0) is 6.54 Å². The van der Waals surface area contributed by atoms with Crippen molar-refractivity contribution < 1.29 is 5.11 Å². The molecule has 1 aromatic rings. The summed E-state index contributed by atoms with van der Waals surface area (Å²) in [4.78, 5) is 7.05. The summed E-state index contributed by atoms with van der Waals surface area (Å²) in [5.41, 5.74) is 1.13. The molecule has 1 aliphatic carbocycles. The summed E-state index contributed by atoms with van der Waals surface area (Å²) >= 11 is 1.79. The van der Waals surface area contributed by atoms with E-state index in [0.717, 1.165) is 43.7 Å². The second-order valence-corrected chi connectivity index (χ2v) is 7.61. The Bertz CT molecular complexity index is 438. The highest BCUT2D eigenvalue weighted by atomic mass is 32.1. The number of hydrogen-bond donors (Lipinski definition) is 2. The molecule has 2 N–H and O–H groups in total. The molecule has 2 heterocycles. The zero-order chi connectivity index (χ0) is 14.7. The van der Waals surface area contributed by atoms with Gasteiger partial charge in [-0.2, -0.15) is 0 Å². The van der Waals surface area contributed by atoms with Crippen LogP contribution in [0.3, 0.4) is 0 Å². The summed E-state index contributed by atoms with van der Waals surface area (Å²) < 4.78 is 0. The van der Waals surface area contributed by atoms with E-state index < -0.39 is 0 Å². The number of β-amino-alcohol motifs (C(OH)–C–C–N with tert-alkyl or cyclic N) is 1. The van der Waals surface area contributed by atoms with Crippen LogP contribution in [0.1, 0.15) is 49.2 Å². The number of nitrogens with zero attached hydrogens (tertiary/aromatic N) is 2. The van der Waals surface area contributed by atoms with Crippen LogP contribution in [0.4, 0.5) is 0 Å². The molecule has 2 aliphatic rings. The van der Waals surface area contributed by atoms with Crippen molar-refractivity contribution in [3.8, 4) is 0 Å². The lowest BCUT2D eigenvalue weighted by molar-refractivity contribution is 0.0906. The minimum atomic E-state index is -0.278. The van der Waals surface area contributed by atoms with Gasteiger partial charge in [0, 0.05) is 30.9 Å². The molecule has 21 heavy (non-hydrogen) atoms. The quantitative estimate of drug-likeness (QED) is 0.811. The van der Waals surface area contributed by atoms with Gasteiger partial charge in [0.25, 0.3) is 0 Å². The molecular weight excluding hydrogens is 282 g/mol. The third kappa shape index (κ3) is 4.74. The van der Waals surface area contributed by atoms with Crippen LogP contribution in [0.25, 0.3) is 0 Å². The van der Waals surface area contributed by atoms with E-state index in [9.17, 15) is 5.11 Å². The van der Waals surface area contributed by atoms with Crippen LogP contribution in [0, 0.1) is 5.92 Å². The van der Waals surface area contributed by atoms with Gasteiger partial charge >= 0.3 is 0 Å². The lowest BCUT2D eigenvalue weighted by atomic mass is 9.99. The first kappa shape index (κ1) is 15.4. The molecule has 0 radical (unpaired) electrons. The Kier molecular flexibility index (Phi) is 5.27. The second-order valence-electron chi connectivity index (χ2n) is 6.72. The van der Waals surface area contributed by atoms with E-state index in [4.69, 9.17) is 0 Å². The van der Waals surface area contributed by atoms with Gasteiger partial charge in [0.2, 0.25) is 0 Å². The molecular formula is C16H27N3OS. The molecule has 4 nitrogen and oxygen atoms in total. The summed E-state index contributed by atoms with van der Waals surface area (Å²) in [6.45, 7) is 6.81. The topological polar surface area (TPSA) is 48.4 Å². The predicted octanol–water partition coefficient (Wildman–Crippen LogP) is 2.20. The van der Waals surface area contributed by atoms with Crippen LogP contribution >= 0.6 is 11.3 Å². The van der Waals surface area contributed by atoms with Gasteiger partial charge in [-0.25, -0.2) is 4.98 Å². The van der Waals surface area contributed by atoms with Crippen molar-refractivity contribution >= 4 is 11.3 Å². The largest absolute Gasteiger partial charge is 0.390 e. The zero-order valence-electron chi connectivity index (χ0n) is 12.9. The number of piperidine rings is 1. The molecule has 1 saturated heterocycles. The number of hydrogen-bond acceptors (Lipinski definition) is 5. The van der Waals surface area contributed by atoms with Crippen LogP contribution in [0.15, 0.2) is 5.38 Å². The number of aliphatic hydroxyl groups is 1. The summed E-state index contributed by atoms with van der Waals surface area (Å²) in [7, 11) is 0. The average Bonchev–Trinajstić information content (AvgIpc) is 3.22. The SMILES string of the molecule is CC1CCN(CC(O)CNCc2csc(C3CC3)n2)CC1. The lowest BCUT2D eigenvalue weighted by Crippen LogP contribution is -2.41. The van der Waals surface area contributed by atoms with E-state index in [1.165, 1.54) is 30.7 Å². The minimum absolute atomic E-state index is 0.278. The standard InChI is InChI=1S/C16H27N3OS/c1-12-4-6-19(7-5-12)10-15(20)9-17-8-14-11-21-16(18-14)13-2-3-13/h11-13,15,17,20H,2-10H2,1H3. The zero-order valence-corrected chi connectivity index (χ0v) is 13.7. The highest BCUT2D eigenvalue weighted by Gasteiger charge is 2.26. The number of rotatable bonds is 7. The Morgan fingerprint density at radius 3 is 2.86 bits per heavy atom. The Hall–Kier alpha value is -0.490. The normalized spacial score (nSPS) is 22.6. The first-order valence-corrected chi connectivity index (χ1v) is 9.14. The van der Waals surface area contributed by atoms with E-state index in [-0.39, 0.29) is 6.10 Å². The van der Waals surface area contributed by atoms with Gasteiger partial charge in [-0.15, -0.1) is 11.3 Å². The molecule has 1 saturated carbocycles. The highest BCUT2D eigenvalue weighted by molar-refractivity contribution is 7.09. The number of thiazole rings is 1. The Labute approximate surface area is 131 Å². The number of likely N-dealkylation sites (tertiary alicyclic amines) is 1.